The van der Waals surface area contributed by atoms with Crippen molar-refractivity contribution in [3.8, 4) is 0 Å². The van der Waals surface area contributed by atoms with E-state index in [2.05, 4.69) is 74.6 Å². The fraction of sp³-hybridized carbons (Fsp3) is 0.111. The first kappa shape index (κ1) is 20.7. The van der Waals surface area contributed by atoms with Crippen LogP contribution in [0.2, 0.25) is 0 Å². The van der Waals surface area contributed by atoms with E-state index in [0.29, 0.717) is 0 Å². The van der Waals surface area contributed by atoms with Crippen LogP contribution in [0.4, 0.5) is 0 Å². The number of benzene rings is 2. The molecule has 0 amide bonds. The van der Waals surface area contributed by atoms with Crippen molar-refractivity contribution in [1.82, 2.24) is 0 Å². The molecular weight excluding hydrogens is 469 g/mol. The maximum absolute atomic E-state index is 13.4. The van der Waals surface area contributed by atoms with E-state index in [1.54, 1.807) is 11.8 Å². The minimum atomic E-state index is -1.12. The van der Waals surface area contributed by atoms with Crippen LogP contribution in [0, 0.1) is 13.8 Å². The molecule has 5 heteroatoms. The Bertz CT molecular complexity index is 1400. The standard InChI is InChI=1S/C27H20OS4/c1-16-7-3-13-22-24(16)30-26(29-22)20-11-5-10-19-15-18(20)9-6-12-21(19)27-31-25-17(2)8-4-14-23(25)32(27)28/h3-14H,15H2,1-2H3/b26-20-,27-21+. The molecule has 0 N–H and O–H groups in total. The third-order valence-corrected chi connectivity index (χ3v) is 12.0. The van der Waals surface area contributed by atoms with Crippen LogP contribution in [-0.2, 0) is 10.8 Å². The Kier molecular flexibility index (Phi) is 5.26. The highest BCUT2D eigenvalue weighted by Crippen LogP contribution is 2.55. The molecule has 0 fully saturated rings. The van der Waals surface area contributed by atoms with Crippen molar-refractivity contribution < 1.29 is 4.21 Å². The van der Waals surface area contributed by atoms with E-state index in [1.807, 2.05) is 35.7 Å². The smallest absolute Gasteiger partial charge is 0.0935 e. The second kappa shape index (κ2) is 8.14. The van der Waals surface area contributed by atoms with Crippen LogP contribution in [0.5, 0.6) is 0 Å². The number of hydrogen-bond acceptors (Lipinski definition) is 4. The SMILES string of the molecule is Cc1cccc2c1S/C(=C1/C=CC=C3CC1=CC=C/C3=C1/Sc3c(C)cccc3S1=O)S2. The van der Waals surface area contributed by atoms with Gasteiger partial charge in [-0.25, -0.2) is 4.21 Å². The van der Waals surface area contributed by atoms with Gasteiger partial charge >= 0.3 is 0 Å². The van der Waals surface area contributed by atoms with Crippen molar-refractivity contribution in [1.29, 1.82) is 0 Å². The molecule has 0 spiro atoms. The molecule has 1 unspecified atom stereocenters. The summed E-state index contributed by atoms with van der Waals surface area (Å²) in [5.74, 6) is 0. The summed E-state index contributed by atoms with van der Waals surface area (Å²) in [5, 5.41) is 0. The van der Waals surface area contributed by atoms with Crippen molar-refractivity contribution in [3.63, 3.8) is 0 Å². The normalized spacial score (nSPS) is 25.8. The maximum atomic E-state index is 13.4. The van der Waals surface area contributed by atoms with Crippen molar-refractivity contribution in [2.45, 2.75) is 39.9 Å². The summed E-state index contributed by atoms with van der Waals surface area (Å²) in [6, 6.07) is 12.7. The molecule has 0 saturated heterocycles. The van der Waals surface area contributed by atoms with E-state index in [4.69, 9.17) is 0 Å². The van der Waals surface area contributed by atoms with Crippen LogP contribution in [0.15, 0.2) is 123 Å². The topological polar surface area (TPSA) is 17.1 Å². The highest BCUT2D eigenvalue weighted by molar-refractivity contribution is 8.24. The van der Waals surface area contributed by atoms with E-state index in [1.165, 1.54) is 41.9 Å². The highest BCUT2D eigenvalue weighted by Gasteiger charge is 2.30. The zero-order valence-electron chi connectivity index (χ0n) is 17.7. The number of fused-ring (bicyclic) bond motifs is 4. The first-order valence-electron chi connectivity index (χ1n) is 10.5. The van der Waals surface area contributed by atoms with E-state index in [-0.39, 0.29) is 0 Å². The lowest BCUT2D eigenvalue weighted by Gasteiger charge is -2.12. The van der Waals surface area contributed by atoms with Gasteiger partial charge in [-0.1, -0.05) is 96.0 Å². The van der Waals surface area contributed by atoms with Gasteiger partial charge in [0, 0.05) is 20.3 Å². The quantitative estimate of drug-likeness (QED) is 0.371. The molecule has 32 heavy (non-hydrogen) atoms. The number of rotatable bonds is 0. The van der Waals surface area contributed by atoms with Crippen LogP contribution in [0.1, 0.15) is 17.5 Å². The van der Waals surface area contributed by atoms with Crippen molar-refractivity contribution in [3.05, 3.63) is 115 Å². The van der Waals surface area contributed by atoms with Crippen LogP contribution in [0.25, 0.3) is 0 Å². The molecule has 0 aromatic heterocycles. The zero-order valence-corrected chi connectivity index (χ0v) is 20.9. The average Bonchev–Trinajstić information content (AvgIpc) is 3.21. The van der Waals surface area contributed by atoms with Gasteiger partial charge in [0.05, 0.1) is 24.2 Å². The van der Waals surface area contributed by atoms with Gasteiger partial charge in [-0.3, -0.25) is 0 Å². The number of thioether (sulfide) groups is 3. The Balaban J connectivity index is 1.38. The number of aryl methyl sites for hydroxylation is 2. The van der Waals surface area contributed by atoms with Crippen LogP contribution in [-0.4, -0.2) is 4.21 Å². The largest absolute Gasteiger partial charge is 0.248 e. The van der Waals surface area contributed by atoms with Gasteiger partial charge < -0.3 is 0 Å². The summed E-state index contributed by atoms with van der Waals surface area (Å²) in [5.41, 5.74) is 7.50. The van der Waals surface area contributed by atoms with E-state index < -0.39 is 10.8 Å². The molecule has 6 rings (SSSR count). The van der Waals surface area contributed by atoms with Gasteiger partial charge in [0.1, 0.15) is 0 Å². The predicted molar refractivity (Wildman–Crippen MR) is 139 cm³/mol. The lowest BCUT2D eigenvalue weighted by atomic mass is 9.99. The Morgan fingerprint density at radius 1 is 0.781 bits per heavy atom. The van der Waals surface area contributed by atoms with Crippen molar-refractivity contribution in [2.75, 3.05) is 0 Å². The van der Waals surface area contributed by atoms with E-state index in [0.717, 1.165) is 26.0 Å². The molecule has 2 heterocycles. The fourth-order valence-corrected chi connectivity index (χ4v) is 10.2. The summed E-state index contributed by atoms with van der Waals surface area (Å²) < 4.78 is 15.7. The lowest BCUT2D eigenvalue weighted by Crippen LogP contribution is -1.96. The molecule has 0 radical (unpaired) electrons. The first-order chi connectivity index (χ1) is 15.6. The maximum Gasteiger partial charge on any atom is 0.0935 e. The molecule has 4 aliphatic rings. The monoisotopic (exact) mass is 488 g/mol. The summed E-state index contributed by atoms with van der Waals surface area (Å²) in [6.07, 6.45) is 14.0. The minimum Gasteiger partial charge on any atom is -0.248 e. The Morgan fingerprint density at radius 2 is 1.47 bits per heavy atom. The van der Waals surface area contributed by atoms with Gasteiger partial charge in [-0.2, -0.15) is 0 Å². The van der Waals surface area contributed by atoms with Crippen LogP contribution < -0.4 is 0 Å². The third kappa shape index (κ3) is 3.38. The summed E-state index contributed by atoms with van der Waals surface area (Å²) in [7, 11) is -1.12. The van der Waals surface area contributed by atoms with E-state index in [9.17, 15) is 4.21 Å². The lowest BCUT2D eigenvalue weighted by molar-refractivity contribution is 0.687. The van der Waals surface area contributed by atoms with Gasteiger partial charge in [-0.15, -0.1) is 0 Å². The van der Waals surface area contributed by atoms with Crippen LogP contribution >= 0.6 is 35.3 Å². The van der Waals surface area contributed by atoms with Crippen molar-refractivity contribution in [2.24, 2.45) is 0 Å². The second-order valence-corrected chi connectivity index (χ2v) is 13.1. The van der Waals surface area contributed by atoms with Gasteiger partial charge in [0.25, 0.3) is 0 Å². The van der Waals surface area contributed by atoms with Gasteiger partial charge in [0.15, 0.2) is 0 Å². The summed E-state index contributed by atoms with van der Waals surface area (Å²) >= 11 is 5.44. The Hall–Kier alpha value is -1.92. The summed E-state index contributed by atoms with van der Waals surface area (Å²) in [4.78, 5) is 4.83. The molecule has 1 atom stereocenters. The first-order valence-corrected chi connectivity index (χ1v) is 14.1. The molecule has 2 aliphatic carbocycles. The number of allylic oxidation sites excluding steroid dienone is 10. The van der Waals surface area contributed by atoms with Gasteiger partial charge in [0.2, 0.25) is 0 Å². The molecule has 2 aromatic rings. The minimum absolute atomic E-state index is 0.848. The predicted octanol–water partition coefficient (Wildman–Crippen LogP) is 8.22. The van der Waals surface area contributed by atoms with Gasteiger partial charge in [-0.05, 0) is 60.2 Å². The molecule has 1 nitrogen and oxygen atoms in total. The Morgan fingerprint density at radius 3 is 2.22 bits per heavy atom. The van der Waals surface area contributed by atoms with Crippen LogP contribution in [0.3, 0.4) is 0 Å². The molecule has 2 aliphatic heterocycles. The number of hydrogen-bond donors (Lipinski definition) is 0. The zero-order chi connectivity index (χ0) is 21.8. The highest BCUT2D eigenvalue weighted by atomic mass is 32.2. The molecule has 2 bridgehead atoms. The molecule has 0 saturated carbocycles. The second-order valence-electron chi connectivity index (χ2n) is 8.06. The molecule has 158 valence electrons. The summed E-state index contributed by atoms with van der Waals surface area (Å²) in [6.45, 7) is 4.29. The average molecular weight is 489 g/mol. The van der Waals surface area contributed by atoms with Crippen molar-refractivity contribution >= 4 is 46.1 Å². The molecular formula is C27H20OS4. The molecule has 2 aromatic carbocycles. The third-order valence-electron chi connectivity index (χ3n) is 5.95. The van der Waals surface area contributed by atoms with E-state index >= 15 is 0 Å². The Labute approximate surface area is 204 Å². The fourth-order valence-electron chi connectivity index (χ4n) is 4.27.